The van der Waals surface area contributed by atoms with Gasteiger partial charge in [0.2, 0.25) is 5.91 Å². The van der Waals surface area contributed by atoms with Gasteiger partial charge < -0.3 is 11.1 Å². The van der Waals surface area contributed by atoms with Gasteiger partial charge in [-0.1, -0.05) is 68.9 Å². The minimum Gasteiger partial charge on any atom is -0.356 e. The van der Waals surface area contributed by atoms with Crippen molar-refractivity contribution in [1.82, 2.24) is 5.32 Å². The summed E-state index contributed by atoms with van der Waals surface area (Å²) in [7, 11) is 0. The molecule has 0 spiro atoms. The van der Waals surface area contributed by atoms with Crippen LogP contribution in [-0.4, -0.2) is 12.5 Å². The van der Waals surface area contributed by atoms with Crippen LogP contribution in [-0.2, 0) is 4.79 Å². The van der Waals surface area contributed by atoms with Crippen LogP contribution in [0.3, 0.4) is 0 Å². The molecule has 21 heavy (non-hydrogen) atoms. The number of carbonyl (C=O) groups excluding carboxylic acids is 1. The number of hydrogen-bond acceptors (Lipinski definition) is 2. The molecule has 116 valence electrons. The summed E-state index contributed by atoms with van der Waals surface area (Å²) < 4.78 is 0. The summed E-state index contributed by atoms with van der Waals surface area (Å²) in [5, 5.41) is 2.99. The summed E-state index contributed by atoms with van der Waals surface area (Å²) in [6, 6.07) is 9.61. The third-order valence-electron chi connectivity index (χ3n) is 4.47. The second-order valence-electron chi connectivity index (χ2n) is 6.22. The zero-order valence-electron chi connectivity index (χ0n) is 12.9. The van der Waals surface area contributed by atoms with E-state index in [0.29, 0.717) is 6.42 Å². The van der Waals surface area contributed by atoms with Crippen molar-refractivity contribution in [1.29, 1.82) is 0 Å². The lowest BCUT2D eigenvalue weighted by atomic mass is 10.0. The first kappa shape index (κ1) is 16.0. The second kappa shape index (κ2) is 8.83. The number of amides is 1. The molecule has 1 unspecified atom stereocenters. The van der Waals surface area contributed by atoms with Gasteiger partial charge in [-0.15, -0.1) is 0 Å². The topological polar surface area (TPSA) is 55.1 Å². The molecular weight excluding hydrogens is 260 g/mol. The van der Waals surface area contributed by atoms with E-state index in [-0.39, 0.29) is 11.9 Å². The van der Waals surface area contributed by atoms with E-state index < -0.39 is 0 Å². The summed E-state index contributed by atoms with van der Waals surface area (Å²) in [4.78, 5) is 11.9. The Morgan fingerprint density at radius 2 is 1.90 bits per heavy atom. The fourth-order valence-corrected chi connectivity index (χ4v) is 3.17. The SMILES string of the molecule is NC(CC(=O)NCCCCC1CCCC1)c1ccccc1. The molecule has 0 radical (unpaired) electrons. The maximum absolute atomic E-state index is 11.9. The molecule has 3 nitrogen and oxygen atoms in total. The van der Waals surface area contributed by atoms with Crippen LogP contribution in [0.1, 0.15) is 63.0 Å². The number of rotatable bonds is 8. The highest BCUT2D eigenvalue weighted by molar-refractivity contribution is 5.76. The van der Waals surface area contributed by atoms with Crippen LogP contribution in [0.4, 0.5) is 0 Å². The molecule has 1 atom stereocenters. The first-order valence-corrected chi connectivity index (χ1v) is 8.33. The van der Waals surface area contributed by atoms with Crippen LogP contribution in [0, 0.1) is 5.92 Å². The van der Waals surface area contributed by atoms with Crippen molar-refractivity contribution in [3.63, 3.8) is 0 Å². The molecule has 1 amide bonds. The largest absolute Gasteiger partial charge is 0.356 e. The maximum atomic E-state index is 11.9. The van der Waals surface area contributed by atoms with Gasteiger partial charge in [0, 0.05) is 19.0 Å². The Morgan fingerprint density at radius 3 is 2.62 bits per heavy atom. The smallest absolute Gasteiger partial charge is 0.221 e. The van der Waals surface area contributed by atoms with Crippen LogP contribution in [0.15, 0.2) is 30.3 Å². The first-order chi connectivity index (χ1) is 10.3. The van der Waals surface area contributed by atoms with Crippen molar-refractivity contribution in [2.24, 2.45) is 11.7 Å². The summed E-state index contributed by atoms with van der Waals surface area (Å²) in [5.41, 5.74) is 7.07. The van der Waals surface area contributed by atoms with E-state index in [0.717, 1.165) is 24.4 Å². The van der Waals surface area contributed by atoms with E-state index in [9.17, 15) is 4.79 Å². The fourth-order valence-electron chi connectivity index (χ4n) is 3.17. The van der Waals surface area contributed by atoms with Gasteiger partial charge in [-0.2, -0.15) is 0 Å². The molecule has 1 aliphatic rings. The average Bonchev–Trinajstić information content (AvgIpc) is 3.01. The molecule has 1 fully saturated rings. The number of nitrogens with two attached hydrogens (primary N) is 1. The van der Waals surface area contributed by atoms with Crippen LogP contribution in [0.2, 0.25) is 0 Å². The van der Waals surface area contributed by atoms with Gasteiger partial charge in [0.05, 0.1) is 0 Å². The highest BCUT2D eigenvalue weighted by Crippen LogP contribution is 2.28. The standard InChI is InChI=1S/C18H28N2O/c19-17(16-11-2-1-3-12-16)14-18(21)20-13-7-6-10-15-8-4-5-9-15/h1-3,11-12,15,17H,4-10,13-14,19H2,(H,20,21). The first-order valence-electron chi connectivity index (χ1n) is 8.33. The lowest BCUT2D eigenvalue weighted by molar-refractivity contribution is -0.121. The van der Waals surface area contributed by atoms with Crippen molar-refractivity contribution in [2.75, 3.05) is 6.54 Å². The Bertz CT molecular complexity index is 412. The Balaban J connectivity index is 1.55. The Labute approximate surface area is 128 Å². The Morgan fingerprint density at radius 1 is 1.19 bits per heavy atom. The minimum atomic E-state index is -0.204. The molecule has 1 aromatic carbocycles. The molecule has 1 aromatic rings. The molecule has 2 rings (SSSR count). The third kappa shape index (κ3) is 5.88. The van der Waals surface area contributed by atoms with Crippen molar-refractivity contribution in [2.45, 2.75) is 57.4 Å². The highest BCUT2D eigenvalue weighted by Gasteiger charge is 2.14. The van der Waals surface area contributed by atoms with Crippen molar-refractivity contribution >= 4 is 5.91 Å². The molecule has 1 saturated carbocycles. The van der Waals surface area contributed by atoms with Gasteiger partial charge in [-0.3, -0.25) is 4.79 Å². The molecule has 3 N–H and O–H groups in total. The molecule has 0 heterocycles. The van der Waals surface area contributed by atoms with Gasteiger partial charge in [0.25, 0.3) is 0 Å². The number of benzene rings is 1. The zero-order valence-corrected chi connectivity index (χ0v) is 12.9. The van der Waals surface area contributed by atoms with Crippen LogP contribution in [0.5, 0.6) is 0 Å². The van der Waals surface area contributed by atoms with E-state index in [4.69, 9.17) is 5.73 Å². The summed E-state index contributed by atoms with van der Waals surface area (Å²) in [6.45, 7) is 0.785. The molecule has 0 aliphatic heterocycles. The highest BCUT2D eigenvalue weighted by atomic mass is 16.1. The van der Waals surface area contributed by atoms with Gasteiger partial charge in [0.15, 0.2) is 0 Å². The van der Waals surface area contributed by atoms with Gasteiger partial charge in [-0.05, 0) is 17.9 Å². The third-order valence-corrected chi connectivity index (χ3v) is 4.47. The molecule has 3 heteroatoms. The van der Waals surface area contributed by atoms with E-state index in [2.05, 4.69) is 5.32 Å². The van der Waals surface area contributed by atoms with Crippen LogP contribution >= 0.6 is 0 Å². The fraction of sp³-hybridized carbons (Fsp3) is 0.611. The van der Waals surface area contributed by atoms with E-state index in [1.807, 2.05) is 30.3 Å². The van der Waals surface area contributed by atoms with Crippen LogP contribution < -0.4 is 11.1 Å². The summed E-state index contributed by atoms with van der Waals surface area (Å²) >= 11 is 0. The molecule has 1 aliphatic carbocycles. The van der Waals surface area contributed by atoms with Gasteiger partial charge in [-0.25, -0.2) is 0 Å². The summed E-state index contributed by atoms with van der Waals surface area (Å²) in [5.74, 6) is 1.01. The van der Waals surface area contributed by atoms with Crippen molar-refractivity contribution in [3.05, 3.63) is 35.9 Å². The normalized spacial score (nSPS) is 16.8. The predicted octanol–water partition coefficient (Wildman–Crippen LogP) is 3.55. The lowest BCUT2D eigenvalue weighted by Crippen LogP contribution is -2.28. The number of nitrogens with one attached hydrogen (secondary N) is 1. The average molecular weight is 288 g/mol. The number of hydrogen-bond donors (Lipinski definition) is 2. The minimum absolute atomic E-state index is 0.0622. The number of carbonyl (C=O) groups is 1. The van der Waals surface area contributed by atoms with Crippen LogP contribution in [0.25, 0.3) is 0 Å². The maximum Gasteiger partial charge on any atom is 0.221 e. The van der Waals surface area contributed by atoms with Crippen molar-refractivity contribution < 1.29 is 4.79 Å². The van der Waals surface area contributed by atoms with E-state index >= 15 is 0 Å². The Hall–Kier alpha value is -1.35. The second-order valence-corrected chi connectivity index (χ2v) is 6.22. The molecule has 0 saturated heterocycles. The Kier molecular flexibility index (Phi) is 6.74. The van der Waals surface area contributed by atoms with E-state index in [1.165, 1.54) is 38.5 Å². The van der Waals surface area contributed by atoms with Gasteiger partial charge in [0.1, 0.15) is 0 Å². The lowest BCUT2D eigenvalue weighted by Gasteiger charge is -2.12. The zero-order chi connectivity index (χ0) is 14.9. The predicted molar refractivity (Wildman–Crippen MR) is 86.8 cm³/mol. The quantitative estimate of drug-likeness (QED) is 0.719. The molecule has 0 bridgehead atoms. The number of unbranched alkanes of at least 4 members (excludes halogenated alkanes) is 1. The van der Waals surface area contributed by atoms with Gasteiger partial charge >= 0.3 is 0 Å². The van der Waals surface area contributed by atoms with E-state index in [1.54, 1.807) is 0 Å². The monoisotopic (exact) mass is 288 g/mol. The molecular formula is C18H28N2O. The summed E-state index contributed by atoms with van der Waals surface area (Å²) in [6.07, 6.45) is 9.68. The van der Waals surface area contributed by atoms with Crippen molar-refractivity contribution in [3.8, 4) is 0 Å². The molecule has 0 aromatic heterocycles.